The van der Waals surface area contributed by atoms with E-state index in [9.17, 15) is 12.3 Å². The van der Waals surface area contributed by atoms with Crippen molar-refractivity contribution in [1.29, 1.82) is 0 Å². The SMILES string of the molecule is CC1(C)OB(c2ccc(S(=O)(=O)F)c3ncccc23)OC1(C)C. The first-order chi connectivity index (χ1) is 10.5. The third kappa shape index (κ3) is 2.64. The molecule has 0 unspecified atom stereocenters. The van der Waals surface area contributed by atoms with Crippen molar-refractivity contribution >= 4 is 33.7 Å². The molecule has 0 spiro atoms. The minimum absolute atomic E-state index is 0.0715. The third-order valence-corrected chi connectivity index (χ3v) is 5.39. The summed E-state index contributed by atoms with van der Waals surface area (Å²) in [6.07, 6.45) is 1.42. The Kier molecular flexibility index (Phi) is 3.55. The van der Waals surface area contributed by atoms with Crippen LogP contribution in [0.4, 0.5) is 3.89 Å². The highest BCUT2D eigenvalue weighted by Gasteiger charge is 2.52. The van der Waals surface area contributed by atoms with Gasteiger partial charge in [-0.25, -0.2) is 0 Å². The van der Waals surface area contributed by atoms with E-state index in [0.717, 1.165) is 0 Å². The van der Waals surface area contributed by atoms with Gasteiger partial charge in [0.05, 0.1) is 16.7 Å². The van der Waals surface area contributed by atoms with Crippen LogP contribution in [-0.4, -0.2) is 31.7 Å². The Morgan fingerprint density at radius 3 is 2.26 bits per heavy atom. The van der Waals surface area contributed by atoms with Crippen LogP contribution >= 0.6 is 0 Å². The lowest BCUT2D eigenvalue weighted by atomic mass is 9.76. The Labute approximate surface area is 135 Å². The molecule has 0 N–H and O–H groups in total. The summed E-state index contributed by atoms with van der Waals surface area (Å²) in [6, 6.07) is 6.05. The molecule has 3 rings (SSSR count). The molecule has 2 aromatic rings. The van der Waals surface area contributed by atoms with Gasteiger partial charge in [0.15, 0.2) is 0 Å². The van der Waals surface area contributed by atoms with Gasteiger partial charge in [0.2, 0.25) is 0 Å². The quantitative estimate of drug-likeness (QED) is 0.621. The number of nitrogens with zero attached hydrogens (tertiary/aromatic N) is 1. The number of hydrogen-bond acceptors (Lipinski definition) is 5. The van der Waals surface area contributed by atoms with Crippen molar-refractivity contribution in [3.05, 3.63) is 30.5 Å². The molecule has 23 heavy (non-hydrogen) atoms. The number of benzene rings is 1. The van der Waals surface area contributed by atoms with E-state index >= 15 is 0 Å². The summed E-state index contributed by atoms with van der Waals surface area (Å²) in [7, 11) is -5.54. The zero-order valence-corrected chi connectivity index (χ0v) is 14.1. The van der Waals surface area contributed by atoms with Gasteiger partial charge in [-0.05, 0) is 45.3 Å². The fraction of sp³-hybridized carbons (Fsp3) is 0.400. The molecule has 1 fully saturated rings. The van der Waals surface area contributed by atoms with Crippen LogP contribution in [0.1, 0.15) is 27.7 Å². The number of fused-ring (bicyclic) bond motifs is 1. The average Bonchev–Trinajstić information content (AvgIpc) is 2.65. The van der Waals surface area contributed by atoms with Crippen LogP contribution < -0.4 is 5.46 Å². The van der Waals surface area contributed by atoms with Crippen LogP contribution in [0.2, 0.25) is 0 Å². The largest absolute Gasteiger partial charge is 0.495 e. The summed E-state index contributed by atoms with van der Waals surface area (Å²) in [4.78, 5) is 3.57. The van der Waals surface area contributed by atoms with Crippen molar-refractivity contribution < 1.29 is 21.6 Å². The van der Waals surface area contributed by atoms with Gasteiger partial charge in [0.25, 0.3) is 0 Å². The van der Waals surface area contributed by atoms with E-state index in [-0.39, 0.29) is 5.52 Å². The van der Waals surface area contributed by atoms with Gasteiger partial charge in [-0.3, -0.25) is 4.98 Å². The van der Waals surface area contributed by atoms with Gasteiger partial charge in [0, 0.05) is 11.6 Å². The van der Waals surface area contributed by atoms with Gasteiger partial charge in [-0.15, -0.1) is 3.89 Å². The van der Waals surface area contributed by atoms with Crippen LogP contribution in [0.25, 0.3) is 10.9 Å². The normalized spacial score (nSPS) is 20.1. The van der Waals surface area contributed by atoms with Gasteiger partial charge >= 0.3 is 17.3 Å². The molecule has 0 bridgehead atoms. The smallest absolute Gasteiger partial charge is 0.399 e. The van der Waals surface area contributed by atoms with Gasteiger partial charge in [-0.1, -0.05) is 12.1 Å². The number of pyridine rings is 1. The fourth-order valence-corrected chi connectivity index (χ4v) is 3.17. The molecule has 0 radical (unpaired) electrons. The molecule has 0 aliphatic carbocycles. The van der Waals surface area contributed by atoms with E-state index in [2.05, 4.69) is 4.98 Å². The summed E-state index contributed by atoms with van der Waals surface area (Å²) in [5.74, 6) is 0. The van der Waals surface area contributed by atoms with E-state index in [1.165, 1.54) is 18.3 Å². The molecule has 0 saturated carbocycles. The van der Waals surface area contributed by atoms with Crippen LogP contribution in [0.15, 0.2) is 35.4 Å². The molecular weight excluding hydrogens is 320 g/mol. The highest BCUT2D eigenvalue weighted by molar-refractivity contribution is 7.86. The predicted molar refractivity (Wildman–Crippen MR) is 85.8 cm³/mol. The number of rotatable bonds is 2. The van der Waals surface area contributed by atoms with Gasteiger partial charge < -0.3 is 9.31 Å². The molecule has 1 aliphatic rings. The molecule has 122 valence electrons. The van der Waals surface area contributed by atoms with E-state index in [1.54, 1.807) is 12.1 Å². The minimum Gasteiger partial charge on any atom is -0.399 e. The Hall–Kier alpha value is -1.51. The lowest BCUT2D eigenvalue weighted by molar-refractivity contribution is 0.00578. The topological polar surface area (TPSA) is 65.5 Å². The summed E-state index contributed by atoms with van der Waals surface area (Å²) < 4.78 is 48.1. The highest BCUT2D eigenvalue weighted by atomic mass is 32.3. The number of hydrogen-bond donors (Lipinski definition) is 0. The summed E-state index contributed by atoms with van der Waals surface area (Å²) in [5, 5.41) is 0.490. The highest BCUT2D eigenvalue weighted by Crippen LogP contribution is 2.37. The van der Waals surface area contributed by atoms with E-state index in [4.69, 9.17) is 9.31 Å². The molecular formula is C15H17BFNO4S. The first-order valence-corrected chi connectivity index (χ1v) is 8.59. The lowest BCUT2D eigenvalue weighted by Gasteiger charge is -2.32. The van der Waals surface area contributed by atoms with Crippen molar-refractivity contribution in [2.24, 2.45) is 0 Å². The zero-order valence-electron chi connectivity index (χ0n) is 13.3. The van der Waals surface area contributed by atoms with E-state index in [0.29, 0.717) is 10.8 Å². The molecule has 1 saturated heterocycles. The van der Waals surface area contributed by atoms with Gasteiger partial charge in [0.1, 0.15) is 4.90 Å². The Morgan fingerprint density at radius 1 is 1.09 bits per heavy atom. The standard InChI is InChI=1S/C15H17BFNO4S/c1-14(2)15(3,4)22-16(21-14)11-7-8-12(23(17,19)20)13-10(11)6-5-9-18-13/h5-9H,1-4H3. The maximum Gasteiger partial charge on any atom is 0.495 e. The number of halogens is 1. The Balaban J connectivity index is 2.19. The van der Waals surface area contributed by atoms with Crippen molar-refractivity contribution in [1.82, 2.24) is 4.98 Å². The zero-order chi connectivity index (χ0) is 17.0. The van der Waals surface area contributed by atoms with Crippen molar-refractivity contribution in [2.45, 2.75) is 43.8 Å². The predicted octanol–water partition coefficient (Wildman–Crippen LogP) is 2.19. The molecule has 0 amide bonds. The van der Waals surface area contributed by atoms with E-state index in [1.807, 2.05) is 27.7 Å². The van der Waals surface area contributed by atoms with Crippen LogP contribution in [0.5, 0.6) is 0 Å². The van der Waals surface area contributed by atoms with Crippen LogP contribution in [-0.2, 0) is 19.5 Å². The molecule has 2 heterocycles. The number of aromatic nitrogens is 1. The van der Waals surface area contributed by atoms with Crippen molar-refractivity contribution in [3.8, 4) is 0 Å². The van der Waals surface area contributed by atoms with E-state index < -0.39 is 33.4 Å². The maximum absolute atomic E-state index is 13.5. The van der Waals surface area contributed by atoms with Crippen LogP contribution in [0.3, 0.4) is 0 Å². The lowest BCUT2D eigenvalue weighted by Crippen LogP contribution is -2.41. The molecule has 1 aromatic carbocycles. The maximum atomic E-state index is 13.5. The summed E-state index contributed by atoms with van der Waals surface area (Å²) in [6.45, 7) is 7.70. The third-order valence-electron chi connectivity index (χ3n) is 4.54. The molecule has 1 aliphatic heterocycles. The second-order valence-electron chi connectivity index (χ2n) is 6.58. The molecule has 5 nitrogen and oxygen atoms in total. The monoisotopic (exact) mass is 337 g/mol. The average molecular weight is 337 g/mol. The van der Waals surface area contributed by atoms with Crippen molar-refractivity contribution in [3.63, 3.8) is 0 Å². The van der Waals surface area contributed by atoms with Gasteiger partial charge in [-0.2, -0.15) is 8.42 Å². The molecule has 1 aromatic heterocycles. The first kappa shape index (κ1) is 16.4. The second-order valence-corrected chi connectivity index (χ2v) is 7.89. The van der Waals surface area contributed by atoms with Crippen molar-refractivity contribution in [2.75, 3.05) is 0 Å². The van der Waals surface area contributed by atoms with Crippen LogP contribution in [0, 0.1) is 0 Å². The summed E-state index contributed by atoms with van der Waals surface area (Å²) in [5.41, 5.74) is -0.366. The Morgan fingerprint density at radius 2 is 1.70 bits per heavy atom. The molecule has 0 atom stereocenters. The minimum atomic E-state index is -4.86. The summed E-state index contributed by atoms with van der Waals surface area (Å²) >= 11 is 0. The second kappa shape index (κ2) is 4.99. The first-order valence-electron chi connectivity index (χ1n) is 7.21. The Bertz CT molecular complexity index is 866. The molecule has 8 heteroatoms. The fourth-order valence-electron chi connectivity index (χ4n) is 2.54.